The van der Waals surface area contributed by atoms with E-state index < -0.39 is 28.7 Å². The summed E-state index contributed by atoms with van der Waals surface area (Å²) in [5, 5.41) is 9.68. The first kappa shape index (κ1) is 23.8. The molecule has 37 heavy (non-hydrogen) atoms. The molecule has 2 amide bonds. The Morgan fingerprint density at radius 1 is 1.11 bits per heavy atom. The molecule has 1 saturated carbocycles. The van der Waals surface area contributed by atoms with Crippen LogP contribution in [-0.2, 0) is 15.0 Å². The van der Waals surface area contributed by atoms with Gasteiger partial charge in [0.25, 0.3) is 0 Å². The van der Waals surface area contributed by atoms with Crippen LogP contribution in [0.1, 0.15) is 49.8 Å². The molecular weight excluding hydrogens is 467 g/mol. The van der Waals surface area contributed by atoms with E-state index in [4.69, 9.17) is 0 Å². The van der Waals surface area contributed by atoms with Crippen molar-refractivity contribution in [2.45, 2.75) is 57.0 Å². The summed E-state index contributed by atoms with van der Waals surface area (Å²) < 4.78 is 15.6. The number of pyridine rings is 1. The van der Waals surface area contributed by atoms with Crippen LogP contribution in [0.25, 0.3) is 0 Å². The molecule has 5 atom stereocenters. The molecule has 1 aliphatic carbocycles. The normalized spacial score (nSPS) is 29.9. The molecule has 3 unspecified atom stereocenters. The highest BCUT2D eigenvalue weighted by Gasteiger charge is 2.81. The third-order valence-corrected chi connectivity index (χ3v) is 8.57. The zero-order chi connectivity index (χ0) is 26.2. The average molecular weight is 499 g/mol. The van der Waals surface area contributed by atoms with Crippen molar-refractivity contribution >= 4 is 23.3 Å². The van der Waals surface area contributed by atoms with E-state index in [9.17, 15) is 9.59 Å². The summed E-state index contributed by atoms with van der Waals surface area (Å²) in [5.74, 6) is -1.21. The van der Waals surface area contributed by atoms with Crippen molar-refractivity contribution in [2.24, 2.45) is 11.3 Å². The summed E-state index contributed by atoms with van der Waals surface area (Å²) in [5.41, 5.74) is 0.917. The highest BCUT2D eigenvalue weighted by molar-refractivity contribution is 6.11. The van der Waals surface area contributed by atoms with Gasteiger partial charge < -0.3 is 10.6 Å². The maximum atomic E-state index is 15.6. The fraction of sp³-hybridized carbons (Fsp3) is 0.367. The van der Waals surface area contributed by atoms with Gasteiger partial charge in [-0.2, -0.15) is 0 Å². The molecule has 0 bridgehead atoms. The minimum absolute atomic E-state index is 0.0972. The van der Waals surface area contributed by atoms with Gasteiger partial charge in [0.15, 0.2) is 0 Å². The zero-order valence-corrected chi connectivity index (χ0v) is 21.4. The number of nitrogens with one attached hydrogen (secondary N) is 3. The first-order valence-corrected chi connectivity index (χ1v) is 12.8. The van der Waals surface area contributed by atoms with Crippen LogP contribution in [0.3, 0.4) is 0 Å². The van der Waals surface area contributed by atoms with Gasteiger partial charge >= 0.3 is 0 Å². The SMILES string of the molecule is Cc1ccc2c(c1)NC(=O)[C@]21[C@@H](c2ccccc2F)C(C(=O)Nc2ccccn2)NC12CC2C(C)(C)C. The monoisotopic (exact) mass is 498 g/mol. The molecular formula is C30H31FN4O2. The number of aryl methyl sites for hydroxylation is 1. The van der Waals surface area contributed by atoms with Crippen LogP contribution >= 0.6 is 0 Å². The fourth-order valence-electron chi connectivity index (χ4n) is 7.10. The number of amides is 2. The van der Waals surface area contributed by atoms with E-state index in [0.717, 1.165) is 16.8 Å². The van der Waals surface area contributed by atoms with Crippen molar-refractivity contribution in [3.63, 3.8) is 0 Å². The summed E-state index contributed by atoms with van der Waals surface area (Å²) in [6.45, 7) is 8.45. The number of carbonyl (C=O) groups is 2. The minimum atomic E-state index is -1.16. The maximum Gasteiger partial charge on any atom is 0.243 e. The molecule has 6 rings (SSSR count). The number of hydrogen-bond donors (Lipinski definition) is 3. The largest absolute Gasteiger partial charge is 0.325 e. The molecule has 2 fully saturated rings. The Hall–Kier alpha value is -3.58. The van der Waals surface area contributed by atoms with Gasteiger partial charge in [0, 0.05) is 23.3 Å². The van der Waals surface area contributed by atoms with Crippen LogP contribution in [0.15, 0.2) is 66.9 Å². The van der Waals surface area contributed by atoms with Crippen LogP contribution in [-0.4, -0.2) is 28.4 Å². The molecule has 2 aliphatic heterocycles. The van der Waals surface area contributed by atoms with E-state index in [1.165, 1.54) is 6.07 Å². The number of carbonyl (C=O) groups excluding carboxylic acids is 2. The molecule has 2 aromatic carbocycles. The lowest BCUT2D eigenvalue weighted by Crippen LogP contribution is -2.52. The van der Waals surface area contributed by atoms with Crippen LogP contribution in [0.2, 0.25) is 0 Å². The number of nitrogens with zero attached hydrogens (tertiary/aromatic N) is 1. The summed E-state index contributed by atoms with van der Waals surface area (Å²) >= 11 is 0. The van der Waals surface area contributed by atoms with Crippen molar-refractivity contribution in [2.75, 3.05) is 10.6 Å². The molecule has 190 valence electrons. The number of anilines is 2. The summed E-state index contributed by atoms with van der Waals surface area (Å²) in [6, 6.07) is 16.9. The second kappa shape index (κ2) is 7.96. The Bertz CT molecular complexity index is 1420. The van der Waals surface area contributed by atoms with E-state index in [2.05, 4.69) is 41.7 Å². The third-order valence-electron chi connectivity index (χ3n) is 8.57. The molecule has 7 heteroatoms. The van der Waals surface area contributed by atoms with Gasteiger partial charge in [0.1, 0.15) is 17.1 Å². The van der Waals surface area contributed by atoms with Gasteiger partial charge in [-0.15, -0.1) is 0 Å². The van der Waals surface area contributed by atoms with Crippen LogP contribution in [0.5, 0.6) is 0 Å². The molecule has 0 radical (unpaired) electrons. The van der Waals surface area contributed by atoms with Gasteiger partial charge in [0.05, 0.1) is 6.04 Å². The molecule has 1 aromatic heterocycles. The number of halogens is 1. The lowest BCUT2D eigenvalue weighted by molar-refractivity contribution is -0.122. The van der Waals surface area contributed by atoms with E-state index in [1.54, 1.807) is 42.6 Å². The van der Waals surface area contributed by atoms with Crippen LogP contribution < -0.4 is 16.0 Å². The number of hydrogen-bond acceptors (Lipinski definition) is 4. The lowest BCUT2D eigenvalue weighted by atomic mass is 9.61. The van der Waals surface area contributed by atoms with E-state index in [1.807, 2.05) is 25.1 Å². The molecule has 2 spiro atoms. The first-order chi connectivity index (χ1) is 17.6. The van der Waals surface area contributed by atoms with Crippen molar-refractivity contribution in [1.82, 2.24) is 10.3 Å². The molecule has 3 aliphatic rings. The van der Waals surface area contributed by atoms with E-state index in [-0.39, 0.29) is 23.1 Å². The fourth-order valence-corrected chi connectivity index (χ4v) is 7.10. The molecule has 3 N–H and O–H groups in total. The third kappa shape index (κ3) is 3.29. The Morgan fingerprint density at radius 2 is 1.86 bits per heavy atom. The number of rotatable bonds is 3. The average Bonchev–Trinajstić information content (AvgIpc) is 3.42. The second-order valence-electron chi connectivity index (χ2n) is 11.7. The van der Waals surface area contributed by atoms with Crippen molar-refractivity contribution in [3.05, 3.63) is 89.4 Å². The van der Waals surface area contributed by atoms with Gasteiger partial charge in [-0.1, -0.05) is 57.2 Å². The van der Waals surface area contributed by atoms with Crippen LogP contribution in [0, 0.1) is 24.1 Å². The summed E-state index contributed by atoms with van der Waals surface area (Å²) in [4.78, 5) is 32.5. The minimum Gasteiger partial charge on any atom is -0.325 e. The van der Waals surface area contributed by atoms with E-state index >= 15 is 4.39 Å². The predicted octanol–water partition coefficient (Wildman–Crippen LogP) is 4.92. The van der Waals surface area contributed by atoms with Gasteiger partial charge in [-0.05, 0) is 65.6 Å². The van der Waals surface area contributed by atoms with Gasteiger partial charge in [-0.25, -0.2) is 9.37 Å². The first-order valence-electron chi connectivity index (χ1n) is 12.8. The topological polar surface area (TPSA) is 83.1 Å². The van der Waals surface area contributed by atoms with Crippen molar-refractivity contribution < 1.29 is 14.0 Å². The molecule has 6 nitrogen and oxygen atoms in total. The van der Waals surface area contributed by atoms with Crippen molar-refractivity contribution in [1.29, 1.82) is 0 Å². The van der Waals surface area contributed by atoms with Gasteiger partial charge in [-0.3, -0.25) is 14.9 Å². The predicted molar refractivity (Wildman–Crippen MR) is 141 cm³/mol. The van der Waals surface area contributed by atoms with Crippen molar-refractivity contribution in [3.8, 4) is 0 Å². The van der Waals surface area contributed by atoms with E-state index in [0.29, 0.717) is 17.8 Å². The summed E-state index contributed by atoms with van der Waals surface area (Å²) in [6.07, 6.45) is 2.31. The maximum absolute atomic E-state index is 15.6. The number of fused-ring (bicyclic) bond motifs is 3. The lowest BCUT2D eigenvalue weighted by Gasteiger charge is -2.38. The highest BCUT2D eigenvalue weighted by atomic mass is 19.1. The second-order valence-corrected chi connectivity index (χ2v) is 11.7. The quantitative estimate of drug-likeness (QED) is 0.479. The Kier molecular flexibility index (Phi) is 5.12. The molecule has 3 aromatic rings. The summed E-state index contributed by atoms with van der Waals surface area (Å²) in [7, 11) is 0. The zero-order valence-electron chi connectivity index (χ0n) is 21.4. The Labute approximate surface area is 216 Å². The number of benzene rings is 2. The highest BCUT2D eigenvalue weighted by Crippen LogP contribution is 2.72. The number of aromatic nitrogens is 1. The molecule has 1 saturated heterocycles. The standard InChI is InChI=1S/C30H31FN4O2/c1-17-12-13-19-21(15-17)33-27(37)30(19)24(18-9-5-6-10-20(18)31)25(26(36)34-23-11-7-8-14-32-23)35-29(30)16-22(29)28(2,3)4/h5-15,22,24-25,35H,16H2,1-4H3,(H,33,37)(H,32,34,36)/t22?,24-,25?,29?,30+/m0/s1. The smallest absolute Gasteiger partial charge is 0.243 e. The van der Waals surface area contributed by atoms with Crippen LogP contribution in [0.4, 0.5) is 15.9 Å². The Morgan fingerprint density at radius 3 is 2.54 bits per heavy atom. The molecule has 3 heterocycles. The van der Waals surface area contributed by atoms with Gasteiger partial charge in [0.2, 0.25) is 11.8 Å². The Balaban J connectivity index is 1.59.